The van der Waals surface area contributed by atoms with Gasteiger partial charge < -0.3 is 19.5 Å². The average molecular weight is 447 g/mol. The molecule has 0 radical (unpaired) electrons. The highest BCUT2D eigenvalue weighted by Gasteiger charge is 2.52. The average Bonchev–Trinajstić information content (AvgIpc) is 3.15. The predicted octanol–water partition coefficient (Wildman–Crippen LogP) is 2.15. The van der Waals surface area contributed by atoms with E-state index in [1.807, 2.05) is 30.3 Å². The van der Waals surface area contributed by atoms with Gasteiger partial charge in [0, 0.05) is 18.8 Å². The van der Waals surface area contributed by atoms with Crippen LogP contribution in [0.2, 0.25) is 0 Å². The van der Waals surface area contributed by atoms with Gasteiger partial charge in [0.2, 0.25) is 5.91 Å². The number of nitrogens with one attached hydrogen (secondary N) is 1. The van der Waals surface area contributed by atoms with Crippen molar-refractivity contribution in [2.75, 3.05) is 19.8 Å². The first-order valence-corrected chi connectivity index (χ1v) is 11.5. The number of aliphatic carboxylic acids is 1. The zero-order chi connectivity index (χ0) is 23.1. The summed E-state index contributed by atoms with van der Waals surface area (Å²) < 4.78 is 10.7. The summed E-state index contributed by atoms with van der Waals surface area (Å²) in [6.45, 7) is 4.72. The number of carbonyl (C=O) groups is 3. The van der Waals surface area contributed by atoms with Crippen LogP contribution < -0.4 is 5.32 Å². The predicted molar refractivity (Wildman–Crippen MR) is 118 cm³/mol. The molecule has 1 aromatic carbocycles. The molecule has 2 aliphatic rings. The summed E-state index contributed by atoms with van der Waals surface area (Å²) in [5, 5.41) is 12.9. The lowest BCUT2D eigenvalue weighted by molar-refractivity contribution is -0.156. The molecule has 3 rings (SSSR count). The van der Waals surface area contributed by atoms with Crippen LogP contribution in [-0.2, 0) is 30.3 Å². The van der Waals surface area contributed by atoms with Crippen molar-refractivity contribution in [3.05, 3.63) is 35.9 Å². The first-order chi connectivity index (χ1) is 15.4. The second-order valence-electron chi connectivity index (χ2n) is 8.65. The van der Waals surface area contributed by atoms with Crippen molar-refractivity contribution in [2.24, 2.45) is 0 Å². The van der Waals surface area contributed by atoms with Crippen molar-refractivity contribution in [3.63, 3.8) is 0 Å². The SMILES string of the molecule is CCOC(=O)[C@H](CCc1ccccc1)NC(C)C(=O)N1[C@H](C(=O)O)CCC12CCOCC2. The van der Waals surface area contributed by atoms with E-state index in [1.54, 1.807) is 18.7 Å². The molecule has 2 heterocycles. The van der Waals surface area contributed by atoms with Gasteiger partial charge in [-0.15, -0.1) is 0 Å². The monoisotopic (exact) mass is 446 g/mol. The highest BCUT2D eigenvalue weighted by atomic mass is 16.5. The van der Waals surface area contributed by atoms with Crippen molar-refractivity contribution < 1.29 is 29.0 Å². The minimum Gasteiger partial charge on any atom is -0.480 e. The number of carboxylic acid groups (broad SMARTS) is 1. The van der Waals surface area contributed by atoms with Crippen LogP contribution in [-0.4, -0.2) is 71.3 Å². The number of nitrogens with zero attached hydrogens (tertiary/aromatic N) is 1. The molecule has 176 valence electrons. The van der Waals surface area contributed by atoms with Crippen molar-refractivity contribution in [1.82, 2.24) is 10.2 Å². The van der Waals surface area contributed by atoms with Gasteiger partial charge in [-0.25, -0.2) is 4.79 Å². The number of hydrogen-bond acceptors (Lipinski definition) is 6. The fraction of sp³-hybridized carbons (Fsp3) is 0.625. The van der Waals surface area contributed by atoms with Crippen LogP contribution in [0.25, 0.3) is 0 Å². The fourth-order valence-corrected chi connectivity index (χ4v) is 4.90. The summed E-state index contributed by atoms with van der Waals surface area (Å²) in [6.07, 6.45) is 3.47. The second kappa shape index (κ2) is 10.9. The molecule has 0 bridgehead atoms. The van der Waals surface area contributed by atoms with E-state index in [0.717, 1.165) is 5.56 Å². The first kappa shape index (κ1) is 24.2. The van der Waals surface area contributed by atoms with Gasteiger partial charge >= 0.3 is 11.9 Å². The summed E-state index contributed by atoms with van der Waals surface area (Å²) in [6, 6.07) is 7.58. The Hall–Kier alpha value is -2.45. The van der Waals surface area contributed by atoms with Crippen LogP contribution in [0.3, 0.4) is 0 Å². The minimum atomic E-state index is -0.986. The quantitative estimate of drug-likeness (QED) is 0.560. The number of aryl methyl sites for hydroxylation is 1. The number of benzene rings is 1. The number of likely N-dealkylation sites (tertiary alicyclic amines) is 1. The van der Waals surface area contributed by atoms with Crippen molar-refractivity contribution >= 4 is 17.8 Å². The van der Waals surface area contributed by atoms with Crippen LogP contribution in [0.1, 0.15) is 51.5 Å². The van der Waals surface area contributed by atoms with Gasteiger partial charge in [-0.3, -0.25) is 14.9 Å². The van der Waals surface area contributed by atoms with Crippen molar-refractivity contribution in [3.8, 4) is 0 Å². The van der Waals surface area contributed by atoms with Crippen LogP contribution >= 0.6 is 0 Å². The maximum absolute atomic E-state index is 13.5. The number of ether oxygens (including phenoxy) is 2. The summed E-state index contributed by atoms with van der Waals surface area (Å²) in [4.78, 5) is 39.6. The molecule has 0 aliphatic carbocycles. The van der Waals surface area contributed by atoms with Gasteiger partial charge in [-0.1, -0.05) is 30.3 Å². The number of rotatable bonds is 9. The van der Waals surface area contributed by atoms with Crippen LogP contribution in [0.5, 0.6) is 0 Å². The normalized spacial score (nSPS) is 21.8. The van der Waals surface area contributed by atoms with Crippen LogP contribution in [0.15, 0.2) is 30.3 Å². The molecular weight excluding hydrogens is 412 g/mol. The van der Waals surface area contributed by atoms with Gasteiger partial charge in [-0.2, -0.15) is 0 Å². The molecule has 1 unspecified atom stereocenters. The van der Waals surface area contributed by atoms with Gasteiger partial charge in [0.25, 0.3) is 0 Å². The number of carboxylic acids is 1. The largest absolute Gasteiger partial charge is 0.480 e. The van der Waals surface area contributed by atoms with E-state index in [-0.39, 0.29) is 12.5 Å². The third-order valence-corrected chi connectivity index (χ3v) is 6.61. The Morgan fingerprint density at radius 3 is 2.53 bits per heavy atom. The van der Waals surface area contributed by atoms with Gasteiger partial charge in [0.05, 0.1) is 12.6 Å². The van der Waals surface area contributed by atoms with E-state index in [2.05, 4.69) is 5.32 Å². The van der Waals surface area contributed by atoms with Crippen molar-refractivity contribution in [1.29, 1.82) is 0 Å². The Kier molecular flexibility index (Phi) is 8.26. The van der Waals surface area contributed by atoms with Crippen molar-refractivity contribution in [2.45, 2.75) is 76.0 Å². The van der Waals surface area contributed by atoms with Crippen LogP contribution in [0, 0.1) is 0 Å². The zero-order valence-corrected chi connectivity index (χ0v) is 18.9. The lowest BCUT2D eigenvalue weighted by Gasteiger charge is -2.44. The Morgan fingerprint density at radius 2 is 1.91 bits per heavy atom. The zero-order valence-electron chi connectivity index (χ0n) is 18.9. The molecule has 0 saturated carbocycles. The molecule has 3 atom stereocenters. The highest BCUT2D eigenvalue weighted by Crippen LogP contribution is 2.41. The number of amides is 1. The molecule has 1 spiro atoms. The molecule has 1 aromatic rings. The molecule has 1 amide bonds. The fourth-order valence-electron chi connectivity index (χ4n) is 4.90. The summed E-state index contributed by atoms with van der Waals surface area (Å²) in [5.74, 6) is -1.68. The molecule has 2 fully saturated rings. The van der Waals surface area contributed by atoms with E-state index in [1.165, 1.54) is 0 Å². The first-order valence-electron chi connectivity index (χ1n) is 11.5. The number of hydrogen-bond donors (Lipinski definition) is 2. The number of carbonyl (C=O) groups excluding carboxylic acids is 2. The van der Waals surface area contributed by atoms with E-state index >= 15 is 0 Å². The summed E-state index contributed by atoms with van der Waals surface area (Å²) >= 11 is 0. The molecule has 2 N–H and O–H groups in total. The van der Waals surface area contributed by atoms with E-state index in [9.17, 15) is 19.5 Å². The minimum absolute atomic E-state index is 0.251. The Labute approximate surface area is 189 Å². The molecule has 2 saturated heterocycles. The topological polar surface area (TPSA) is 105 Å². The molecular formula is C24H34N2O6. The maximum Gasteiger partial charge on any atom is 0.326 e. The molecule has 32 heavy (non-hydrogen) atoms. The number of esters is 1. The summed E-state index contributed by atoms with van der Waals surface area (Å²) in [7, 11) is 0. The van der Waals surface area contributed by atoms with E-state index in [4.69, 9.17) is 9.47 Å². The summed E-state index contributed by atoms with van der Waals surface area (Å²) in [5.41, 5.74) is 0.604. The lowest BCUT2D eigenvalue weighted by Crippen LogP contribution is -2.60. The Morgan fingerprint density at radius 1 is 1.22 bits per heavy atom. The second-order valence-corrected chi connectivity index (χ2v) is 8.65. The molecule has 8 nitrogen and oxygen atoms in total. The third kappa shape index (κ3) is 5.48. The standard InChI is InChI=1S/C24H34N2O6/c1-3-32-23(30)19(10-9-18-7-5-4-6-8-18)25-17(2)21(27)26-20(22(28)29)11-12-24(26)13-15-31-16-14-24/h4-8,17,19-20,25H,3,9-16H2,1-2H3,(H,28,29)/t17?,19-,20-/m0/s1. The molecule has 0 aromatic heterocycles. The molecule has 2 aliphatic heterocycles. The van der Waals surface area contributed by atoms with Crippen LogP contribution in [0.4, 0.5) is 0 Å². The van der Waals surface area contributed by atoms with Gasteiger partial charge in [0.1, 0.15) is 12.1 Å². The highest BCUT2D eigenvalue weighted by molar-refractivity contribution is 5.89. The maximum atomic E-state index is 13.5. The lowest BCUT2D eigenvalue weighted by atomic mass is 9.87. The van der Waals surface area contributed by atoms with E-state index < -0.39 is 35.6 Å². The smallest absolute Gasteiger partial charge is 0.326 e. The van der Waals surface area contributed by atoms with Gasteiger partial charge in [-0.05, 0) is 57.9 Å². The Balaban J connectivity index is 1.74. The third-order valence-electron chi connectivity index (χ3n) is 6.61. The van der Waals surface area contributed by atoms with E-state index in [0.29, 0.717) is 51.7 Å². The van der Waals surface area contributed by atoms with Gasteiger partial charge in [0.15, 0.2) is 0 Å². The Bertz CT molecular complexity index is 793. The molecule has 8 heteroatoms.